The fourth-order valence-corrected chi connectivity index (χ4v) is 1.50. The molecule has 0 radical (unpaired) electrons. The Morgan fingerprint density at radius 1 is 1.38 bits per heavy atom. The van der Waals surface area contributed by atoms with Crippen LogP contribution in [0.2, 0.25) is 0 Å². The van der Waals surface area contributed by atoms with Crippen LogP contribution in [0, 0.1) is 13.8 Å². The van der Waals surface area contributed by atoms with Crippen molar-refractivity contribution in [3.63, 3.8) is 0 Å². The fraction of sp³-hybridized carbons (Fsp3) is 0.364. The number of ether oxygens (including phenoxy) is 1. The number of fused-ring (bicyclic) bond motifs is 1. The van der Waals surface area contributed by atoms with Crippen molar-refractivity contribution in [3.05, 3.63) is 23.3 Å². The zero-order valence-corrected chi connectivity index (χ0v) is 9.52. The molecule has 0 aliphatic carbocycles. The SMILES string of the molecule is CCOC(=O)n1nnc2cc(C)c(C)cc21. The summed E-state index contributed by atoms with van der Waals surface area (Å²) in [5, 5.41) is 7.72. The third kappa shape index (κ3) is 1.64. The highest BCUT2D eigenvalue weighted by molar-refractivity contribution is 5.85. The second-order valence-electron chi connectivity index (χ2n) is 3.63. The third-order valence-corrected chi connectivity index (χ3v) is 2.50. The predicted octanol–water partition coefficient (Wildman–Crippen LogP) is 2.05. The van der Waals surface area contributed by atoms with Crippen LogP contribution in [0.25, 0.3) is 11.0 Å². The highest BCUT2D eigenvalue weighted by Crippen LogP contribution is 2.17. The van der Waals surface area contributed by atoms with Gasteiger partial charge in [0.25, 0.3) is 0 Å². The average molecular weight is 219 g/mol. The maximum atomic E-state index is 11.6. The van der Waals surface area contributed by atoms with E-state index < -0.39 is 6.09 Å². The van der Waals surface area contributed by atoms with E-state index in [1.165, 1.54) is 4.68 Å². The lowest BCUT2D eigenvalue weighted by molar-refractivity contribution is 0.151. The second-order valence-corrected chi connectivity index (χ2v) is 3.63. The molecule has 0 amide bonds. The normalized spacial score (nSPS) is 10.7. The van der Waals surface area contributed by atoms with E-state index in [0.717, 1.165) is 11.1 Å². The molecule has 0 aliphatic rings. The Balaban J connectivity index is 2.56. The summed E-state index contributed by atoms with van der Waals surface area (Å²) in [6, 6.07) is 3.80. The Kier molecular flexibility index (Phi) is 2.60. The molecule has 5 heteroatoms. The number of hydrogen-bond acceptors (Lipinski definition) is 4. The molecule has 0 fully saturated rings. The fourth-order valence-electron chi connectivity index (χ4n) is 1.50. The largest absolute Gasteiger partial charge is 0.448 e. The molecule has 2 rings (SSSR count). The van der Waals surface area contributed by atoms with Gasteiger partial charge < -0.3 is 4.74 Å². The minimum Gasteiger partial charge on any atom is -0.448 e. The Morgan fingerprint density at radius 3 is 2.75 bits per heavy atom. The molecule has 0 unspecified atom stereocenters. The van der Waals surface area contributed by atoms with Gasteiger partial charge in [-0.1, -0.05) is 5.21 Å². The molecule has 1 heterocycles. The molecule has 2 aromatic rings. The summed E-state index contributed by atoms with van der Waals surface area (Å²) < 4.78 is 6.07. The van der Waals surface area contributed by atoms with E-state index in [9.17, 15) is 4.79 Å². The van der Waals surface area contributed by atoms with E-state index in [1.54, 1.807) is 6.92 Å². The number of carbonyl (C=O) groups is 1. The van der Waals surface area contributed by atoms with Gasteiger partial charge in [0.1, 0.15) is 11.0 Å². The first-order valence-electron chi connectivity index (χ1n) is 5.13. The van der Waals surface area contributed by atoms with Gasteiger partial charge in [0.05, 0.1) is 6.61 Å². The summed E-state index contributed by atoms with van der Waals surface area (Å²) in [7, 11) is 0. The van der Waals surface area contributed by atoms with E-state index in [-0.39, 0.29) is 0 Å². The predicted molar refractivity (Wildman–Crippen MR) is 59.4 cm³/mol. The zero-order valence-electron chi connectivity index (χ0n) is 9.52. The highest BCUT2D eigenvalue weighted by atomic mass is 16.6. The highest BCUT2D eigenvalue weighted by Gasteiger charge is 2.13. The van der Waals surface area contributed by atoms with Crippen molar-refractivity contribution in [3.8, 4) is 0 Å². The van der Waals surface area contributed by atoms with Crippen LogP contribution in [0.3, 0.4) is 0 Å². The molecule has 0 aliphatic heterocycles. The van der Waals surface area contributed by atoms with Crippen LogP contribution < -0.4 is 0 Å². The van der Waals surface area contributed by atoms with Crippen molar-refractivity contribution in [1.82, 2.24) is 15.0 Å². The van der Waals surface area contributed by atoms with Gasteiger partial charge in [-0.3, -0.25) is 0 Å². The Labute approximate surface area is 93.0 Å². The number of hydrogen-bond donors (Lipinski definition) is 0. The van der Waals surface area contributed by atoms with Gasteiger partial charge in [-0.2, -0.15) is 0 Å². The minimum atomic E-state index is -0.492. The molecule has 84 valence electrons. The van der Waals surface area contributed by atoms with Crippen LogP contribution in [-0.2, 0) is 4.74 Å². The Bertz CT molecular complexity index is 545. The van der Waals surface area contributed by atoms with Crippen molar-refractivity contribution >= 4 is 17.1 Å². The van der Waals surface area contributed by atoms with Gasteiger partial charge in [0.15, 0.2) is 0 Å². The van der Waals surface area contributed by atoms with E-state index in [2.05, 4.69) is 10.3 Å². The van der Waals surface area contributed by atoms with Gasteiger partial charge in [0, 0.05) is 0 Å². The zero-order chi connectivity index (χ0) is 11.7. The molecule has 0 spiro atoms. The van der Waals surface area contributed by atoms with Crippen LogP contribution in [0.15, 0.2) is 12.1 Å². The summed E-state index contributed by atoms with van der Waals surface area (Å²) in [4.78, 5) is 11.6. The van der Waals surface area contributed by atoms with Crippen molar-refractivity contribution in [2.24, 2.45) is 0 Å². The summed E-state index contributed by atoms with van der Waals surface area (Å²) in [6.45, 7) is 6.06. The lowest BCUT2D eigenvalue weighted by Gasteiger charge is -2.02. The number of nitrogens with zero attached hydrogens (tertiary/aromatic N) is 3. The van der Waals surface area contributed by atoms with E-state index in [1.807, 2.05) is 26.0 Å². The van der Waals surface area contributed by atoms with Crippen LogP contribution in [0.1, 0.15) is 18.1 Å². The van der Waals surface area contributed by atoms with Crippen molar-refractivity contribution in [2.45, 2.75) is 20.8 Å². The van der Waals surface area contributed by atoms with E-state index >= 15 is 0 Å². The maximum Gasteiger partial charge on any atom is 0.436 e. The summed E-state index contributed by atoms with van der Waals surface area (Å²) >= 11 is 0. The molecule has 0 N–H and O–H groups in total. The van der Waals surface area contributed by atoms with Crippen LogP contribution >= 0.6 is 0 Å². The molecule has 0 atom stereocenters. The quantitative estimate of drug-likeness (QED) is 0.736. The molecule has 0 bridgehead atoms. The first-order valence-corrected chi connectivity index (χ1v) is 5.13. The van der Waals surface area contributed by atoms with E-state index in [4.69, 9.17) is 4.74 Å². The van der Waals surface area contributed by atoms with Crippen molar-refractivity contribution < 1.29 is 9.53 Å². The topological polar surface area (TPSA) is 57.0 Å². The van der Waals surface area contributed by atoms with Crippen molar-refractivity contribution in [1.29, 1.82) is 0 Å². The molecule has 1 aromatic carbocycles. The lowest BCUT2D eigenvalue weighted by Crippen LogP contribution is -2.15. The van der Waals surface area contributed by atoms with Gasteiger partial charge >= 0.3 is 6.09 Å². The van der Waals surface area contributed by atoms with Gasteiger partial charge in [-0.15, -0.1) is 9.78 Å². The molecule has 1 aromatic heterocycles. The van der Waals surface area contributed by atoms with Crippen LogP contribution in [0.5, 0.6) is 0 Å². The average Bonchev–Trinajstić information content (AvgIpc) is 2.62. The van der Waals surface area contributed by atoms with Gasteiger partial charge in [0.2, 0.25) is 0 Å². The molecular formula is C11H13N3O2. The summed E-state index contributed by atoms with van der Waals surface area (Å²) in [5.41, 5.74) is 3.61. The van der Waals surface area contributed by atoms with Crippen LogP contribution in [-0.4, -0.2) is 27.7 Å². The number of aromatic nitrogens is 3. The Hall–Kier alpha value is -1.91. The molecule has 0 saturated carbocycles. The molecular weight excluding hydrogens is 206 g/mol. The lowest BCUT2D eigenvalue weighted by atomic mass is 10.1. The molecule has 5 nitrogen and oxygen atoms in total. The van der Waals surface area contributed by atoms with Gasteiger partial charge in [-0.25, -0.2) is 4.79 Å². The number of rotatable bonds is 1. The molecule has 0 saturated heterocycles. The third-order valence-electron chi connectivity index (χ3n) is 2.50. The number of benzene rings is 1. The second kappa shape index (κ2) is 3.92. The maximum absolute atomic E-state index is 11.6. The van der Waals surface area contributed by atoms with Crippen molar-refractivity contribution in [2.75, 3.05) is 6.61 Å². The van der Waals surface area contributed by atoms with E-state index in [0.29, 0.717) is 17.6 Å². The standard InChI is InChI=1S/C11H13N3O2/c1-4-16-11(15)14-10-6-8(3)7(2)5-9(10)12-13-14/h5-6H,4H2,1-3H3. The Morgan fingerprint density at radius 2 is 2.06 bits per heavy atom. The summed E-state index contributed by atoms with van der Waals surface area (Å²) in [5.74, 6) is 0. The number of aryl methyl sites for hydroxylation is 2. The van der Waals surface area contributed by atoms with Crippen LogP contribution in [0.4, 0.5) is 4.79 Å². The molecule has 16 heavy (non-hydrogen) atoms. The number of carbonyl (C=O) groups excluding carboxylic acids is 1. The smallest absolute Gasteiger partial charge is 0.436 e. The first-order chi connectivity index (χ1) is 7.63. The first kappa shape index (κ1) is 10.6. The summed E-state index contributed by atoms with van der Waals surface area (Å²) in [6.07, 6.45) is -0.492. The monoisotopic (exact) mass is 219 g/mol. The minimum absolute atomic E-state index is 0.324. The van der Waals surface area contributed by atoms with Gasteiger partial charge in [-0.05, 0) is 44.0 Å².